The number of carbonyl (C=O) groups is 1. The number of hydrogen-bond acceptors (Lipinski definition) is 3. The van der Waals surface area contributed by atoms with E-state index in [-0.39, 0.29) is 5.91 Å². The van der Waals surface area contributed by atoms with E-state index in [2.05, 4.69) is 80.3 Å². The number of fused-ring (bicyclic) bond motifs is 1. The molecule has 5 nitrogen and oxygen atoms in total. The Morgan fingerprint density at radius 3 is 2.53 bits per heavy atom. The third kappa shape index (κ3) is 4.54. The minimum atomic E-state index is -0.267. The highest BCUT2D eigenvalue weighted by Crippen LogP contribution is 2.21. The molecule has 150 valence electrons. The van der Waals surface area contributed by atoms with Crippen molar-refractivity contribution in [2.24, 2.45) is 5.10 Å². The fourth-order valence-electron chi connectivity index (χ4n) is 3.26. The maximum atomic E-state index is 12.3. The third-order valence-electron chi connectivity index (χ3n) is 4.81. The molecule has 0 aliphatic heterocycles. The molecule has 0 aliphatic rings. The molecule has 1 N–H and O–H groups in total. The summed E-state index contributed by atoms with van der Waals surface area (Å²) in [4.78, 5) is 12.3. The van der Waals surface area contributed by atoms with Crippen molar-refractivity contribution in [2.45, 2.75) is 6.54 Å². The number of nitrogens with one attached hydrogen (secondary N) is 1. The summed E-state index contributed by atoms with van der Waals surface area (Å²) < 4.78 is 8.53. The van der Waals surface area contributed by atoms with Crippen molar-refractivity contribution in [3.05, 3.63) is 99.3 Å². The van der Waals surface area contributed by atoms with Gasteiger partial charge in [0.2, 0.25) is 0 Å². The molecular formula is C24H20IN3O2. The summed E-state index contributed by atoms with van der Waals surface area (Å²) in [7, 11) is 1.59. The second-order valence-corrected chi connectivity index (χ2v) is 8.03. The van der Waals surface area contributed by atoms with E-state index in [0.29, 0.717) is 11.3 Å². The molecule has 4 rings (SSSR count). The summed E-state index contributed by atoms with van der Waals surface area (Å²) in [5.74, 6) is 0.438. The fraction of sp³-hybridized carbons (Fsp3) is 0.0833. The predicted molar refractivity (Wildman–Crippen MR) is 128 cm³/mol. The summed E-state index contributed by atoms with van der Waals surface area (Å²) in [5.41, 5.74) is 6.42. The van der Waals surface area contributed by atoms with Crippen LogP contribution in [0.4, 0.5) is 0 Å². The normalized spacial score (nSPS) is 11.1. The van der Waals surface area contributed by atoms with E-state index < -0.39 is 0 Å². The number of benzene rings is 3. The zero-order chi connectivity index (χ0) is 20.9. The number of nitrogens with zero attached hydrogens (tertiary/aromatic N) is 2. The van der Waals surface area contributed by atoms with Crippen molar-refractivity contribution in [1.29, 1.82) is 0 Å². The Hall–Kier alpha value is -3.13. The Morgan fingerprint density at radius 1 is 1.07 bits per heavy atom. The van der Waals surface area contributed by atoms with Gasteiger partial charge in [-0.05, 0) is 70.6 Å². The van der Waals surface area contributed by atoms with Gasteiger partial charge in [0.1, 0.15) is 5.75 Å². The van der Waals surface area contributed by atoms with E-state index in [1.165, 1.54) is 9.13 Å². The van der Waals surface area contributed by atoms with Crippen LogP contribution in [-0.4, -0.2) is 23.8 Å². The molecule has 6 heteroatoms. The van der Waals surface area contributed by atoms with Crippen LogP contribution in [0.15, 0.2) is 84.1 Å². The first-order chi connectivity index (χ1) is 14.6. The molecule has 0 saturated heterocycles. The quantitative estimate of drug-likeness (QED) is 0.224. The van der Waals surface area contributed by atoms with Gasteiger partial charge >= 0.3 is 0 Å². The molecule has 3 aromatic carbocycles. The first kappa shape index (κ1) is 20.2. The Kier molecular flexibility index (Phi) is 6.13. The van der Waals surface area contributed by atoms with E-state index in [9.17, 15) is 4.79 Å². The standard InChI is InChI=1S/C24H20IN3O2/c1-30-21-12-8-18(9-13-21)24(29)27-26-14-19-16-28(23-5-3-2-4-22(19)23)15-17-6-10-20(25)11-7-17/h2-14,16H,15H2,1H3,(H,27,29)/b26-14-. The van der Waals surface area contributed by atoms with Crippen molar-refractivity contribution in [3.8, 4) is 5.75 Å². The van der Waals surface area contributed by atoms with E-state index >= 15 is 0 Å². The van der Waals surface area contributed by atoms with Crippen LogP contribution in [0.3, 0.4) is 0 Å². The molecule has 0 fully saturated rings. The topological polar surface area (TPSA) is 55.6 Å². The van der Waals surface area contributed by atoms with Crippen molar-refractivity contribution in [3.63, 3.8) is 0 Å². The monoisotopic (exact) mass is 509 g/mol. The molecule has 1 heterocycles. The molecular weight excluding hydrogens is 489 g/mol. The van der Waals surface area contributed by atoms with E-state index in [4.69, 9.17) is 4.74 Å². The number of halogens is 1. The van der Waals surface area contributed by atoms with Gasteiger partial charge in [0.15, 0.2) is 0 Å². The lowest BCUT2D eigenvalue weighted by Gasteiger charge is -2.05. The lowest BCUT2D eigenvalue weighted by Crippen LogP contribution is -2.17. The summed E-state index contributed by atoms with van der Waals surface area (Å²) in [5, 5.41) is 5.26. The summed E-state index contributed by atoms with van der Waals surface area (Å²) in [6, 6.07) is 23.6. The molecule has 30 heavy (non-hydrogen) atoms. The Labute approximate surface area is 188 Å². The fourth-order valence-corrected chi connectivity index (χ4v) is 3.62. The minimum absolute atomic E-state index is 0.267. The van der Waals surface area contributed by atoms with Crippen LogP contribution in [-0.2, 0) is 6.54 Å². The number of carbonyl (C=O) groups excluding carboxylic acids is 1. The number of hydrogen-bond donors (Lipinski definition) is 1. The highest BCUT2D eigenvalue weighted by atomic mass is 127. The van der Waals surface area contributed by atoms with E-state index in [1.807, 2.05) is 12.1 Å². The average molecular weight is 509 g/mol. The smallest absolute Gasteiger partial charge is 0.271 e. The van der Waals surface area contributed by atoms with Crippen LogP contribution in [0.1, 0.15) is 21.5 Å². The van der Waals surface area contributed by atoms with E-state index in [0.717, 1.165) is 23.0 Å². The maximum Gasteiger partial charge on any atom is 0.271 e. The second-order valence-electron chi connectivity index (χ2n) is 6.78. The van der Waals surface area contributed by atoms with Crippen LogP contribution in [0, 0.1) is 3.57 Å². The number of aromatic nitrogens is 1. The lowest BCUT2D eigenvalue weighted by molar-refractivity contribution is 0.0955. The third-order valence-corrected chi connectivity index (χ3v) is 5.53. The summed E-state index contributed by atoms with van der Waals surface area (Å²) >= 11 is 2.31. The van der Waals surface area contributed by atoms with Gasteiger partial charge in [0.25, 0.3) is 5.91 Å². The highest BCUT2D eigenvalue weighted by molar-refractivity contribution is 14.1. The lowest BCUT2D eigenvalue weighted by atomic mass is 10.2. The Morgan fingerprint density at radius 2 is 1.80 bits per heavy atom. The number of ether oxygens (including phenoxy) is 1. The van der Waals surface area contributed by atoms with Gasteiger partial charge < -0.3 is 9.30 Å². The minimum Gasteiger partial charge on any atom is -0.497 e. The molecule has 4 aromatic rings. The van der Waals surface area contributed by atoms with Crippen LogP contribution in [0.5, 0.6) is 5.75 Å². The van der Waals surface area contributed by atoms with Crippen molar-refractivity contribution in [1.82, 2.24) is 9.99 Å². The molecule has 0 unspecified atom stereocenters. The van der Waals surface area contributed by atoms with Gasteiger partial charge in [0, 0.05) is 38.3 Å². The average Bonchev–Trinajstić information content (AvgIpc) is 3.13. The van der Waals surface area contributed by atoms with Crippen LogP contribution in [0.25, 0.3) is 10.9 Å². The first-order valence-corrected chi connectivity index (χ1v) is 10.5. The number of para-hydroxylation sites is 1. The van der Waals surface area contributed by atoms with Gasteiger partial charge in [-0.1, -0.05) is 30.3 Å². The van der Waals surface area contributed by atoms with E-state index in [1.54, 1.807) is 37.6 Å². The number of rotatable bonds is 6. The Balaban J connectivity index is 1.53. The number of methoxy groups -OCH3 is 1. The highest BCUT2D eigenvalue weighted by Gasteiger charge is 2.08. The molecule has 0 bridgehead atoms. The van der Waals surface area contributed by atoms with Crippen molar-refractivity contribution < 1.29 is 9.53 Å². The molecule has 1 aromatic heterocycles. The number of hydrazone groups is 1. The van der Waals surface area contributed by atoms with Gasteiger partial charge in [0.05, 0.1) is 13.3 Å². The maximum absolute atomic E-state index is 12.3. The largest absolute Gasteiger partial charge is 0.497 e. The predicted octanol–water partition coefficient (Wildman–Crippen LogP) is 5.07. The zero-order valence-corrected chi connectivity index (χ0v) is 18.5. The zero-order valence-electron chi connectivity index (χ0n) is 16.4. The summed E-state index contributed by atoms with van der Waals surface area (Å²) in [6.45, 7) is 0.767. The van der Waals surface area contributed by atoms with Crippen molar-refractivity contribution >= 4 is 45.6 Å². The SMILES string of the molecule is COc1ccc(C(=O)N/N=C\c2cn(Cc3ccc(I)cc3)c3ccccc23)cc1. The van der Waals surface area contributed by atoms with Gasteiger partial charge in [-0.25, -0.2) is 5.43 Å². The van der Waals surface area contributed by atoms with Crippen molar-refractivity contribution in [2.75, 3.05) is 7.11 Å². The van der Waals surface area contributed by atoms with Crippen LogP contribution >= 0.6 is 22.6 Å². The molecule has 0 aliphatic carbocycles. The first-order valence-electron chi connectivity index (χ1n) is 9.44. The number of amides is 1. The van der Waals surface area contributed by atoms with Gasteiger partial charge in [-0.2, -0.15) is 5.10 Å². The molecule has 1 amide bonds. The van der Waals surface area contributed by atoms with Gasteiger partial charge in [-0.3, -0.25) is 4.79 Å². The van der Waals surface area contributed by atoms with Crippen LogP contribution < -0.4 is 10.2 Å². The molecule has 0 saturated carbocycles. The molecule has 0 radical (unpaired) electrons. The Bertz CT molecular complexity index is 1200. The van der Waals surface area contributed by atoms with Crippen LogP contribution in [0.2, 0.25) is 0 Å². The molecule has 0 spiro atoms. The van der Waals surface area contributed by atoms with Gasteiger partial charge in [-0.15, -0.1) is 0 Å². The molecule has 0 atom stereocenters. The second kappa shape index (κ2) is 9.13. The summed E-state index contributed by atoms with van der Waals surface area (Å²) in [6.07, 6.45) is 3.75.